The minimum absolute atomic E-state index is 0.131. The molecule has 1 heterocycles. The zero-order valence-electron chi connectivity index (χ0n) is 12.3. The van der Waals surface area contributed by atoms with E-state index in [9.17, 15) is 14.4 Å². The summed E-state index contributed by atoms with van der Waals surface area (Å²) in [7, 11) is 0. The van der Waals surface area contributed by atoms with Gasteiger partial charge in [0.05, 0.1) is 6.42 Å². The van der Waals surface area contributed by atoms with Crippen LogP contribution < -0.4 is 11.2 Å². The zero-order chi connectivity index (χ0) is 17.1. The lowest BCUT2D eigenvalue weighted by molar-refractivity contribution is -0.131. The van der Waals surface area contributed by atoms with Gasteiger partial charge in [0.1, 0.15) is 6.04 Å². The molecule has 1 saturated heterocycles. The maximum absolute atomic E-state index is 12.3. The smallest absolute Gasteiger partial charge is 0.269 e. The van der Waals surface area contributed by atoms with Crippen molar-refractivity contribution in [2.24, 2.45) is 5.73 Å². The number of nitrogens with one attached hydrogen (secondary N) is 1. The van der Waals surface area contributed by atoms with Gasteiger partial charge < -0.3 is 5.73 Å². The van der Waals surface area contributed by atoms with Crippen LogP contribution in [-0.2, 0) is 9.59 Å². The van der Waals surface area contributed by atoms with Crippen molar-refractivity contribution in [2.75, 3.05) is 6.54 Å². The number of likely N-dealkylation sites (N-methyl/N-ethyl adjacent to an activating group) is 1. The van der Waals surface area contributed by atoms with Crippen LogP contribution in [0.4, 0.5) is 0 Å². The number of halogens is 1. The van der Waals surface area contributed by atoms with Crippen molar-refractivity contribution < 1.29 is 14.4 Å². The van der Waals surface area contributed by atoms with Crippen LogP contribution in [-0.4, -0.2) is 45.3 Å². The second kappa shape index (κ2) is 6.93. The van der Waals surface area contributed by atoms with E-state index in [1.54, 1.807) is 31.2 Å². The van der Waals surface area contributed by atoms with Crippen molar-refractivity contribution in [1.82, 2.24) is 15.3 Å². The van der Waals surface area contributed by atoms with E-state index in [1.807, 2.05) is 0 Å². The van der Waals surface area contributed by atoms with Gasteiger partial charge in [-0.15, -0.1) is 0 Å². The molecule has 0 saturated carbocycles. The Labute approximate surface area is 143 Å². The fourth-order valence-corrected chi connectivity index (χ4v) is 2.73. The second-order valence-corrected chi connectivity index (χ2v) is 5.67. The van der Waals surface area contributed by atoms with E-state index in [4.69, 9.17) is 29.6 Å². The first-order chi connectivity index (χ1) is 10.8. The molecular weight excluding hydrogens is 340 g/mol. The lowest BCUT2D eigenvalue weighted by Gasteiger charge is -2.23. The first-order valence-electron chi connectivity index (χ1n) is 6.84. The van der Waals surface area contributed by atoms with Crippen LogP contribution in [0.3, 0.4) is 0 Å². The number of nitrogens with two attached hydrogens (primary N) is 1. The Hall–Kier alpha value is -2.19. The molecule has 1 fully saturated rings. The van der Waals surface area contributed by atoms with Crippen molar-refractivity contribution in [2.45, 2.75) is 19.4 Å². The third-order valence-corrected chi connectivity index (χ3v) is 4.01. The summed E-state index contributed by atoms with van der Waals surface area (Å²) in [6.07, 6.45) is -0.240. The van der Waals surface area contributed by atoms with Gasteiger partial charge in [-0.05, 0) is 43.4 Å². The molecule has 0 aromatic heterocycles. The van der Waals surface area contributed by atoms with Crippen LogP contribution in [0.2, 0.25) is 5.02 Å². The van der Waals surface area contributed by atoms with Crippen molar-refractivity contribution in [3.8, 4) is 0 Å². The lowest BCUT2D eigenvalue weighted by Crippen LogP contribution is -2.49. The topological polar surface area (TPSA) is 95.7 Å². The van der Waals surface area contributed by atoms with Gasteiger partial charge in [-0.25, -0.2) is 5.01 Å². The fourth-order valence-electron chi connectivity index (χ4n) is 2.21. The molecule has 1 aromatic carbocycles. The van der Waals surface area contributed by atoms with Crippen molar-refractivity contribution >= 4 is 46.7 Å². The maximum atomic E-state index is 12.3. The number of benzene rings is 1. The van der Waals surface area contributed by atoms with E-state index in [0.29, 0.717) is 17.1 Å². The fraction of sp³-hybridized carbons (Fsp3) is 0.286. The Morgan fingerprint density at radius 1 is 1.35 bits per heavy atom. The van der Waals surface area contributed by atoms with Crippen molar-refractivity contribution in [3.63, 3.8) is 0 Å². The normalized spacial score (nSPS) is 17.6. The molecule has 9 heteroatoms. The van der Waals surface area contributed by atoms with Gasteiger partial charge in [0.25, 0.3) is 11.8 Å². The molecule has 0 bridgehead atoms. The largest absolute Gasteiger partial charge is 0.370 e. The molecule has 0 spiro atoms. The molecule has 0 aliphatic carbocycles. The number of hydrazine groups is 1. The first kappa shape index (κ1) is 17.2. The van der Waals surface area contributed by atoms with Gasteiger partial charge >= 0.3 is 0 Å². The summed E-state index contributed by atoms with van der Waals surface area (Å²) in [5.41, 5.74) is 8.08. The van der Waals surface area contributed by atoms with Gasteiger partial charge in [-0.3, -0.25) is 24.7 Å². The van der Waals surface area contributed by atoms with Crippen molar-refractivity contribution in [3.05, 3.63) is 34.9 Å². The van der Waals surface area contributed by atoms with E-state index in [1.165, 1.54) is 9.91 Å². The number of nitrogens with zero attached hydrogens (tertiary/aromatic N) is 2. The van der Waals surface area contributed by atoms with E-state index < -0.39 is 17.9 Å². The van der Waals surface area contributed by atoms with Gasteiger partial charge in [0.2, 0.25) is 5.91 Å². The first-order valence-corrected chi connectivity index (χ1v) is 7.63. The SMILES string of the molecule is CCN1C(=O)[C@@H](CC(N)=O)N(NC(=O)c2ccc(Cl)cc2)C1=S. The lowest BCUT2D eigenvalue weighted by atomic mass is 10.2. The summed E-state index contributed by atoms with van der Waals surface area (Å²) in [4.78, 5) is 37.1. The third kappa shape index (κ3) is 3.59. The summed E-state index contributed by atoms with van der Waals surface area (Å²) >= 11 is 11.0. The van der Waals surface area contributed by atoms with E-state index in [0.717, 1.165) is 0 Å². The van der Waals surface area contributed by atoms with Gasteiger partial charge in [-0.2, -0.15) is 0 Å². The number of hydrogen-bond donors (Lipinski definition) is 2. The highest BCUT2D eigenvalue weighted by Gasteiger charge is 2.43. The second-order valence-electron chi connectivity index (χ2n) is 4.87. The minimum atomic E-state index is -0.934. The molecule has 23 heavy (non-hydrogen) atoms. The molecule has 1 aliphatic heterocycles. The molecule has 3 amide bonds. The molecule has 0 unspecified atom stereocenters. The van der Waals surface area contributed by atoms with E-state index in [-0.39, 0.29) is 17.4 Å². The number of hydrogen-bond acceptors (Lipinski definition) is 4. The number of carbonyl (C=O) groups excluding carboxylic acids is 3. The molecule has 1 aliphatic rings. The van der Waals surface area contributed by atoms with Crippen molar-refractivity contribution in [1.29, 1.82) is 0 Å². The molecule has 1 atom stereocenters. The van der Waals surface area contributed by atoms with Crippen LogP contribution in [0.1, 0.15) is 23.7 Å². The summed E-state index contributed by atoms with van der Waals surface area (Å²) in [6, 6.07) is 5.29. The van der Waals surface area contributed by atoms with Crippen LogP contribution in [0, 0.1) is 0 Å². The van der Waals surface area contributed by atoms with Crippen LogP contribution in [0.5, 0.6) is 0 Å². The molecule has 122 valence electrons. The highest BCUT2D eigenvalue weighted by Crippen LogP contribution is 2.19. The standard InChI is InChI=1S/C14H15ClN4O3S/c1-2-18-13(22)10(7-11(16)20)19(14(18)23)17-12(21)8-3-5-9(15)6-4-8/h3-6,10H,2,7H2,1H3,(H2,16,20)(H,17,21)/t10-/m1/s1. The van der Waals surface area contributed by atoms with E-state index >= 15 is 0 Å². The number of amides is 3. The minimum Gasteiger partial charge on any atom is -0.370 e. The molecule has 1 aromatic rings. The Morgan fingerprint density at radius 3 is 2.48 bits per heavy atom. The summed E-state index contributed by atoms with van der Waals surface area (Å²) in [5.74, 6) is -1.49. The summed E-state index contributed by atoms with van der Waals surface area (Å²) in [5, 5.41) is 1.84. The maximum Gasteiger partial charge on any atom is 0.269 e. The summed E-state index contributed by atoms with van der Waals surface area (Å²) < 4.78 is 0. The predicted octanol–water partition coefficient (Wildman–Crippen LogP) is 0.678. The van der Waals surface area contributed by atoms with Crippen LogP contribution in [0.15, 0.2) is 24.3 Å². The number of thiocarbonyl (C=S) groups is 1. The molecular formula is C14H15ClN4O3S. The van der Waals surface area contributed by atoms with Crippen LogP contribution >= 0.6 is 23.8 Å². The molecule has 7 nitrogen and oxygen atoms in total. The average Bonchev–Trinajstić information content (AvgIpc) is 2.71. The molecule has 2 rings (SSSR count). The Kier molecular flexibility index (Phi) is 5.17. The zero-order valence-corrected chi connectivity index (χ0v) is 13.9. The predicted molar refractivity (Wildman–Crippen MR) is 88.3 cm³/mol. The monoisotopic (exact) mass is 354 g/mol. The Morgan fingerprint density at radius 2 is 1.96 bits per heavy atom. The molecule has 3 N–H and O–H groups in total. The average molecular weight is 355 g/mol. The number of primary amides is 1. The third-order valence-electron chi connectivity index (χ3n) is 3.34. The summed E-state index contributed by atoms with van der Waals surface area (Å²) in [6.45, 7) is 2.08. The van der Waals surface area contributed by atoms with Gasteiger partial charge in [0.15, 0.2) is 5.11 Å². The van der Waals surface area contributed by atoms with Crippen LogP contribution in [0.25, 0.3) is 0 Å². The Bertz CT molecular complexity index is 664. The van der Waals surface area contributed by atoms with E-state index in [2.05, 4.69) is 5.43 Å². The van der Waals surface area contributed by atoms with Gasteiger partial charge in [-0.1, -0.05) is 11.6 Å². The quantitative estimate of drug-likeness (QED) is 0.758. The number of rotatable bonds is 5. The Balaban J connectivity index is 2.22. The highest BCUT2D eigenvalue weighted by atomic mass is 35.5. The molecule has 0 radical (unpaired) electrons. The highest BCUT2D eigenvalue weighted by molar-refractivity contribution is 7.80. The number of carbonyl (C=O) groups is 3. The van der Waals surface area contributed by atoms with Gasteiger partial charge in [0, 0.05) is 17.1 Å².